The summed E-state index contributed by atoms with van der Waals surface area (Å²) in [7, 11) is 0. The summed E-state index contributed by atoms with van der Waals surface area (Å²) in [6.07, 6.45) is 0. The number of anilines is 2. The Hall–Kier alpha value is -2.73. The molecule has 0 unspecified atom stereocenters. The molecule has 0 amide bonds. The van der Waals surface area contributed by atoms with Gasteiger partial charge in [-0.1, -0.05) is 11.6 Å². The van der Waals surface area contributed by atoms with E-state index in [1.54, 1.807) is 0 Å². The van der Waals surface area contributed by atoms with Crippen LogP contribution in [0.2, 0.25) is 5.02 Å². The Bertz CT molecular complexity index is 1040. The highest BCUT2D eigenvalue weighted by atomic mass is 35.5. The van der Waals surface area contributed by atoms with Gasteiger partial charge in [-0.05, 0) is 63.2 Å². The molecule has 0 aliphatic carbocycles. The number of H-pyrrole nitrogens is 1. The van der Waals surface area contributed by atoms with E-state index >= 15 is 0 Å². The first-order chi connectivity index (χ1) is 11.9. The highest BCUT2D eigenvalue weighted by molar-refractivity contribution is 6.31. The van der Waals surface area contributed by atoms with Crippen LogP contribution < -0.4 is 10.1 Å². The number of rotatable bonds is 3. The molecule has 0 aliphatic rings. The van der Waals surface area contributed by atoms with E-state index in [0.717, 1.165) is 22.5 Å². The minimum absolute atomic E-state index is 0.217. The van der Waals surface area contributed by atoms with E-state index in [2.05, 4.69) is 20.4 Å². The van der Waals surface area contributed by atoms with Gasteiger partial charge in [-0.2, -0.15) is 4.98 Å². The zero-order valence-electron chi connectivity index (χ0n) is 14.2. The Kier molecular flexibility index (Phi) is 3.58. The Balaban J connectivity index is 1.58. The van der Waals surface area contributed by atoms with Crippen molar-refractivity contribution in [2.75, 3.05) is 5.32 Å². The van der Waals surface area contributed by atoms with E-state index in [9.17, 15) is 0 Å². The van der Waals surface area contributed by atoms with Crippen LogP contribution in [0.5, 0.6) is 5.75 Å². The van der Waals surface area contributed by atoms with E-state index in [0.29, 0.717) is 16.7 Å². The largest absolute Gasteiger partial charge is 0.488 e. The van der Waals surface area contributed by atoms with Gasteiger partial charge in [-0.3, -0.25) is 5.10 Å². The van der Waals surface area contributed by atoms with Crippen molar-refractivity contribution in [1.82, 2.24) is 19.6 Å². The molecule has 0 saturated carbocycles. The summed E-state index contributed by atoms with van der Waals surface area (Å²) in [6, 6.07) is 13.3. The number of aromatic nitrogens is 4. The average molecular weight is 356 g/mol. The number of imidazole rings is 1. The van der Waals surface area contributed by atoms with Gasteiger partial charge in [-0.25, -0.2) is 9.50 Å². The fraction of sp³-hybridized carbons (Fsp3) is 0.222. The van der Waals surface area contributed by atoms with E-state index in [1.807, 2.05) is 67.8 Å². The van der Waals surface area contributed by atoms with Gasteiger partial charge in [-0.15, -0.1) is 0 Å². The van der Waals surface area contributed by atoms with Gasteiger partial charge in [0.05, 0.1) is 11.0 Å². The first kappa shape index (κ1) is 15.8. The molecular weight excluding hydrogens is 338 g/mol. The summed E-state index contributed by atoms with van der Waals surface area (Å²) in [6.45, 7) is 6.07. The molecule has 25 heavy (non-hydrogen) atoms. The quantitative estimate of drug-likeness (QED) is 0.554. The van der Waals surface area contributed by atoms with Gasteiger partial charge >= 0.3 is 0 Å². The minimum atomic E-state index is -0.217. The molecule has 0 radical (unpaired) electrons. The summed E-state index contributed by atoms with van der Waals surface area (Å²) >= 11 is 6.00. The molecule has 0 bridgehead atoms. The Morgan fingerprint density at radius 2 is 1.84 bits per heavy atom. The molecule has 0 saturated heterocycles. The van der Waals surface area contributed by atoms with Gasteiger partial charge < -0.3 is 10.1 Å². The number of aromatic amines is 1. The maximum Gasteiger partial charge on any atom is 0.253 e. The zero-order chi connectivity index (χ0) is 17.6. The number of halogens is 1. The average Bonchev–Trinajstić information content (AvgIpc) is 3.04. The molecule has 0 aliphatic heterocycles. The van der Waals surface area contributed by atoms with Crippen LogP contribution in [-0.4, -0.2) is 25.2 Å². The molecule has 6 nitrogen and oxygen atoms in total. The fourth-order valence-electron chi connectivity index (χ4n) is 2.61. The molecule has 4 aromatic rings. The van der Waals surface area contributed by atoms with Crippen molar-refractivity contribution in [3.05, 3.63) is 47.5 Å². The predicted octanol–water partition coefficient (Wildman–Crippen LogP) is 4.78. The van der Waals surface area contributed by atoms with E-state index in [1.165, 1.54) is 0 Å². The molecule has 128 valence electrons. The number of ether oxygens (including phenoxy) is 1. The Labute approximate surface area is 149 Å². The van der Waals surface area contributed by atoms with Crippen molar-refractivity contribution in [3.63, 3.8) is 0 Å². The van der Waals surface area contributed by atoms with Crippen molar-refractivity contribution in [1.29, 1.82) is 0 Å². The first-order valence-corrected chi connectivity index (χ1v) is 8.35. The molecule has 2 heterocycles. The lowest BCUT2D eigenvalue weighted by molar-refractivity contribution is 0.131. The topological polar surface area (TPSA) is 67.2 Å². The predicted molar refractivity (Wildman–Crippen MR) is 100.0 cm³/mol. The lowest BCUT2D eigenvalue weighted by Gasteiger charge is -2.21. The number of hydrogen-bond acceptors (Lipinski definition) is 4. The number of benzene rings is 2. The second-order valence-electron chi connectivity index (χ2n) is 6.82. The van der Waals surface area contributed by atoms with Crippen LogP contribution in [0.3, 0.4) is 0 Å². The second-order valence-corrected chi connectivity index (χ2v) is 7.25. The van der Waals surface area contributed by atoms with Crippen molar-refractivity contribution in [2.45, 2.75) is 26.4 Å². The number of nitrogens with one attached hydrogen (secondary N) is 2. The van der Waals surface area contributed by atoms with Crippen molar-refractivity contribution in [3.8, 4) is 5.75 Å². The van der Waals surface area contributed by atoms with Crippen LogP contribution in [0.25, 0.3) is 16.8 Å². The summed E-state index contributed by atoms with van der Waals surface area (Å²) in [4.78, 5) is 8.94. The zero-order valence-corrected chi connectivity index (χ0v) is 14.9. The Morgan fingerprint density at radius 3 is 2.56 bits per heavy atom. The Morgan fingerprint density at radius 1 is 1.08 bits per heavy atom. The smallest absolute Gasteiger partial charge is 0.253 e. The van der Waals surface area contributed by atoms with E-state index < -0.39 is 0 Å². The summed E-state index contributed by atoms with van der Waals surface area (Å²) in [5.74, 6) is 2.03. The molecule has 0 fully saturated rings. The molecule has 0 atom stereocenters. The molecule has 4 rings (SSSR count). The van der Waals surface area contributed by atoms with E-state index in [-0.39, 0.29) is 5.60 Å². The summed E-state index contributed by atoms with van der Waals surface area (Å²) in [5, 5.41) is 7.09. The van der Waals surface area contributed by atoms with Gasteiger partial charge in [0.15, 0.2) is 0 Å². The van der Waals surface area contributed by atoms with Gasteiger partial charge in [0, 0.05) is 10.7 Å². The van der Waals surface area contributed by atoms with Crippen LogP contribution in [0, 0.1) is 0 Å². The third-order valence-electron chi connectivity index (χ3n) is 3.57. The molecule has 7 heteroatoms. The summed E-state index contributed by atoms with van der Waals surface area (Å²) < 4.78 is 7.65. The summed E-state index contributed by atoms with van der Waals surface area (Å²) in [5.41, 5.74) is 2.42. The van der Waals surface area contributed by atoms with Crippen LogP contribution in [0.4, 0.5) is 11.6 Å². The molecule has 2 N–H and O–H groups in total. The maximum absolute atomic E-state index is 6.00. The highest BCUT2D eigenvalue weighted by Crippen LogP contribution is 2.24. The fourth-order valence-corrected chi connectivity index (χ4v) is 2.78. The van der Waals surface area contributed by atoms with Crippen molar-refractivity contribution < 1.29 is 4.74 Å². The highest BCUT2D eigenvalue weighted by Gasteiger charge is 2.12. The second kappa shape index (κ2) is 5.67. The van der Waals surface area contributed by atoms with Crippen LogP contribution in [-0.2, 0) is 0 Å². The van der Waals surface area contributed by atoms with Crippen LogP contribution in [0.15, 0.2) is 42.5 Å². The molecule has 2 aromatic heterocycles. The lowest BCUT2D eigenvalue weighted by atomic mass is 10.2. The van der Waals surface area contributed by atoms with Gasteiger partial charge in [0.2, 0.25) is 5.95 Å². The monoisotopic (exact) mass is 355 g/mol. The van der Waals surface area contributed by atoms with Gasteiger partial charge in [0.1, 0.15) is 11.4 Å². The van der Waals surface area contributed by atoms with Crippen molar-refractivity contribution >= 4 is 40.0 Å². The third kappa shape index (κ3) is 3.25. The minimum Gasteiger partial charge on any atom is -0.488 e. The van der Waals surface area contributed by atoms with E-state index in [4.69, 9.17) is 16.3 Å². The number of fused-ring (bicyclic) bond motifs is 3. The van der Waals surface area contributed by atoms with Crippen LogP contribution in [0.1, 0.15) is 20.8 Å². The standard InChI is InChI=1S/C18H18ClN5O/c1-18(2,3)25-13-7-5-12(6-8-13)20-16-22-17-21-14-10-11(19)4-9-15(14)24(17)23-16/h4-10H,1-3H3,(H2,20,21,22,23). The lowest BCUT2D eigenvalue weighted by Crippen LogP contribution is -2.22. The maximum atomic E-state index is 6.00. The van der Waals surface area contributed by atoms with Gasteiger partial charge in [0.25, 0.3) is 5.78 Å². The molecule has 0 spiro atoms. The SMILES string of the molecule is CC(C)(C)Oc1ccc(Nc2nc3nc4cc(Cl)ccc4n3[nH]2)cc1. The molecular formula is C18H18ClN5O. The normalized spacial score (nSPS) is 12.0. The number of nitrogens with zero attached hydrogens (tertiary/aromatic N) is 3. The first-order valence-electron chi connectivity index (χ1n) is 7.97. The molecule has 2 aromatic carbocycles. The van der Waals surface area contributed by atoms with Crippen molar-refractivity contribution in [2.24, 2.45) is 0 Å². The van der Waals surface area contributed by atoms with Crippen LogP contribution >= 0.6 is 11.6 Å². The third-order valence-corrected chi connectivity index (χ3v) is 3.80. The number of hydrogen-bond donors (Lipinski definition) is 2.